The van der Waals surface area contributed by atoms with Gasteiger partial charge in [0.25, 0.3) is 0 Å². The fraction of sp³-hybridized carbons (Fsp3) is 0.364. The average Bonchev–Trinajstić information content (AvgIpc) is 2.23. The predicted octanol–water partition coefficient (Wildman–Crippen LogP) is 0.789. The molecule has 1 aromatic carbocycles. The molecular weight excluding hydrogens is 176 g/mol. The Morgan fingerprint density at radius 3 is 2.79 bits per heavy atom. The molecular formula is C11H14N2O. The molecule has 0 radical (unpaired) electrons. The number of nitrogens with zero attached hydrogens (tertiary/aromatic N) is 1. The first-order valence-corrected chi connectivity index (χ1v) is 4.80. The maximum Gasteiger partial charge on any atom is 0.236 e. The maximum absolute atomic E-state index is 11.4. The van der Waals surface area contributed by atoms with Crippen LogP contribution in [0.4, 0.5) is 0 Å². The van der Waals surface area contributed by atoms with E-state index in [1.807, 2.05) is 30.1 Å². The second-order valence-electron chi connectivity index (χ2n) is 3.56. The van der Waals surface area contributed by atoms with Gasteiger partial charge < -0.3 is 10.2 Å². The number of likely N-dealkylation sites (N-methyl/N-ethyl adjacent to an activating group) is 1. The Kier molecular flexibility index (Phi) is 2.50. The van der Waals surface area contributed by atoms with Gasteiger partial charge in [-0.05, 0) is 5.56 Å². The molecule has 1 saturated heterocycles. The van der Waals surface area contributed by atoms with Crippen molar-refractivity contribution < 1.29 is 4.79 Å². The van der Waals surface area contributed by atoms with Crippen LogP contribution in [0, 0.1) is 0 Å². The Morgan fingerprint density at radius 2 is 2.07 bits per heavy atom. The molecule has 1 aliphatic heterocycles. The zero-order valence-electron chi connectivity index (χ0n) is 8.23. The van der Waals surface area contributed by atoms with Crippen molar-refractivity contribution in [3.05, 3.63) is 35.9 Å². The summed E-state index contributed by atoms with van der Waals surface area (Å²) < 4.78 is 0. The molecule has 1 N–H and O–H groups in total. The number of piperazine rings is 1. The molecule has 14 heavy (non-hydrogen) atoms. The summed E-state index contributed by atoms with van der Waals surface area (Å²) in [5, 5.41) is 3.12. The standard InChI is InChI=1S/C11H14N2O/c1-13-10(7-12-8-11(13)14)9-5-3-2-4-6-9/h2-6,10,12H,7-8H2,1H3/t10-/m0/s1. The molecule has 1 amide bonds. The van der Waals surface area contributed by atoms with Crippen molar-refractivity contribution in [1.29, 1.82) is 0 Å². The smallest absolute Gasteiger partial charge is 0.236 e. The van der Waals surface area contributed by atoms with E-state index in [9.17, 15) is 4.79 Å². The van der Waals surface area contributed by atoms with Crippen LogP contribution in [0.1, 0.15) is 11.6 Å². The third-order valence-electron chi connectivity index (χ3n) is 2.66. The van der Waals surface area contributed by atoms with Crippen LogP contribution in [0.2, 0.25) is 0 Å². The monoisotopic (exact) mass is 190 g/mol. The minimum Gasteiger partial charge on any atom is -0.336 e. The number of hydrogen-bond donors (Lipinski definition) is 1. The van der Waals surface area contributed by atoms with E-state index < -0.39 is 0 Å². The Labute approximate surface area is 83.7 Å². The zero-order chi connectivity index (χ0) is 9.97. The highest BCUT2D eigenvalue weighted by Crippen LogP contribution is 2.20. The predicted molar refractivity (Wildman–Crippen MR) is 54.8 cm³/mol. The van der Waals surface area contributed by atoms with Gasteiger partial charge in [-0.1, -0.05) is 30.3 Å². The van der Waals surface area contributed by atoms with Crippen molar-refractivity contribution in [2.75, 3.05) is 20.1 Å². The van der Waals surface area contributed by atoms with Crippen LogP contribution in [-0.4, -0.2) is 30.9 Å². The Bertz CT molecular complexity index is 323. The van der Waals surface area contributed by atoms with Crippen molar-refractivity contribution in [1.82, 2.24) is 10.2 Å². The van der Waals surface area contributed by atoms with E-state index >= 15 is 0 Å². The first-order chi connectivity index (χ1) is 6.79. The molecule has 0 aliphatic carbocycles. The highest BCUT2D eigenvalue weighted by atomic mass is 16.2. The minimum absolute atomic E-state index is 0.158. The second-order valence-corrected chi connectivity index (χ2v) is 3.56. The molecule has 1 fully saturated rings. The summed E-state index contributed by atoms with van der Waals surface area (Å²) >= 11 is 0. The van der Waals surface area contributed by atoms with Gasteiger partial charge in [0.15, 0.2) is 0 Å². The molecule has 1 aromatic rings. The SMILES string of the molecule is CN1C(=O)CNC[C@H]1c1ccccc1. The lowest BCUT2D eigenvalue weighted by molar-refractivity contribution is -0.133. The van der Waals surface area contributed by atoms with Crippen LogP contribution >= 0.6 is 0 Å². The van der Waals surface area contributed by atoms with Crippen molar-refractivity contribution in [3.8, 4) is 0 Å². The van der Waals surface area contributed by atoms with Gasteiger partial charge in [-0.15, -0.1) is 0 Å². The maximum atomic E-state index is 11.4. The summed E-state index contributed by atoms with van der Waals surface area (Å²) in [6.07, 6.45) is 0. The lowest BCUT2D eigenvalue weighted by Crippen LogP contribution is -2.47. The van der Waals surface area contributed by atoms with Crippen LogP contribution in [-0.2, 0) is 4.79 Å². The quantitative estimate of drug-likeness (QED) is 0.710. The molecule has 1 heterocycles. The van der Waals surface area contributed by atoms with Gasteiger partial charge in [0, 0.05) is 13.6 Å². The largest absolute Gasteiger partial charge is 0.336 e. The van der Waals surface area contributed by atoms with Gasteiger partial charge in [-0.25, -0.2) is 0 Å². The third-order valence-corrected chi connectivity index (χ3v) is 2.66. The number of hydrogen-bond acceptors (Lipinski definition) is 2. The van der Waals surface area contributed by atoms with Gasteiger partial charge in [0.2, 0.25) is 5.91 Å². The summed E-state index contributed by atoms with van der Waals surface area (Å²) in [5.74, 6) is 0.158. The van der Waals surface area contributed by atoms with E-state index in [1.165, 1.54) is 5.56 Å². The van der Waals surface area contributed by atoms with Crippen LogP contribution in [0.5, 0.6) is 0 Å². The first-order valence-electron chi connectivity index (χ1n) is 4.80. The number of rotatable bonds is 1. The van der Waals surface area contributed by atoms with Gasteiger partial charge >= 0.3 is 0 Å². The summed E-state index contributed by atoms with van der Waals surface area (Å²) in [6, 6.07) is 10.3. The van der Waals surface area contributed by atoms with E-state index in [4.69, 9.17) is 0 Å². The van der Waals surface area contributed by atoms with Crippen molar-refractivity contribution >= 4 is 5.91 Å². The third kappa shape index (κ3) is 1.63. The van der Waals surface area contributed by atoms with Crippen molar-refractivity contribution in [3.63, 3.8) is 0 Å². The van der Waals surface area contributed by atoms with Crippen molar-refractivity contribution in [2.45, 2.75) is 6.04 Å². The van der Waals surface area contributed by atoms with Gasteiger partial charge in [0.1, 0.15) is 0 Å². The van der Waals surface area contributed by atoms with Crippen LogP contribution in [0.3, 0.4) is 0 Å². The molecule has 74 valence electrons. The highest BCUT2D eigenvalue weighted by molar-refractivity contribution is 5.79. The van der Waals surface area contributed by atoms with Crippen LogP contribution in [0.15, 0.2) is 30.3 Å². The summed E-state index contributed by atoms with van der Waals surface area (Å²) in [6.45, 7) is 1.30. The van der Waals surface area contributed by atoms with Crippen LogP contribution in [0.25, 0.3) is 0 Å². The van der Waals surface area contributed by atoms with E-state index in [0.29, 0.717) is 6.54 Å². The van der Waals surface area contributed by atoms with E-state index in [1.54, 1.807) is 0 Å². The molecule has 0 unspecified atom stereocenters. The summed E-state index contributed by atoms with van der Waals surface area (Å²) in [4.78, 5) is 13.3. The highest BCUT2D eigenvalue weighted by Gasteiger charge is 2.25. The molecule has 3 heteroatoms. The fourth-order valence-corrected chi connectivity index (χ4v) is 1.77. The normalized spacial score (nSPS) is 22.5. The lowest BCUT2D eigenvalue weighted by atomic mass is 10.0. The Balaban J connectivity index is 2.22. The lowest BCUT2D eigenvalue weighted by Gasteiger charge is -2.33. The summed E-state index contributed by atoms with van der Waals surface area (Å²) in [7, 11) is 1.86. The van der Waals surface area contributed by atoms with Gasteiger partial charge in [-0.2, -0.15) is 0 Å². The number of benzene rings is 1. The molecule has 2 rings (SSSR count). The first kappa shape index (κ1) is 9.21. The second kappa shape index (κ2) is 3.80. The number of carbonyl (C=O) groups excluding carboxylic acids is 1. The molecule has 1 atom stereocenters. The summed E-state index contributed by atoms with van der Waals surface area (Å²) in [5.41, 5.74) is 1.19. The number of carbonyl (C=O) groups is 1. The van der Waals surface area contributed by atoms with E-state index in [-0.39, 0.29) is 11.9 Å². The molecule has 0 saturated carbocycles. The van der Waals surface area contributed by atoms with Crippen molar-refractivity contribution in [2.24, 2.45) is 0 Å². The minimum atomic E-state index is 0.158. The number of nitrogens with one attached hydrogen (secondary N) is 1. The Morgan fingerprint density at radius 1 is 1.36 bits per heavy atom. The molecule has 0 aromatic heterocycles. The average molecular weight is 190 g/mol. The van der Waals surface area contributed by atoms with E-state index in [0.717, 1.165) is 6.54 Å². The Hall–Kier alpha value is -1.35. The van der Waals surface area contributed by atoms with Crippen LogP contribution < -0.4 is 5.32 Å². The van der Waals surface area contributed by atoms with Gasteiger partial charge in [-0.3, -0.25) is 4.79 Å². The van der Waals surface area contributed by atoms with Gasteiger partial charge in [0.05, 0.1) is 12.6 Å². The zero-order valence-corrected chi connectivity index (χ0v) is 8.23. The molecule has 3 nitrogen and oxygen atoms in total. The molecule has 1 aliphatic rings. The topological polar surface area (TPSA) is 32.3 Å². The van der Waals surface area contributed by atoms with E-state index in [2.05, 4.69) is 17.4 Å². The molecule has 0 bridgehead atoms. The number of amides is 1. The fourth-order valence-electron chi connectivity index (χ4n) is 1.77. The molecule has 0 spiro atoms.